The van der Waals surface area contributed by atoms with E-state index < -0.39 is 0 Å². The smallest absolute Gasteiger partial charge is 0.321 e. The van der Waals surface area contributed by atoms with Crippen LogP contribution in [0.15, 0.2) is 42.6 Å². The summed E-state index contributed by atoms with van der Waals surface area (Å²) in [6, 6.07) is 10.8. The van der Waals surface area contributed by atoms with Gasteiger partial charge in [-0.1, -0.05) is 13.8 Å². The molecule has 6 heteroatoms. The highest BCUT2D eigenvalue weighted by molar-refractivity contribution is 5.89. The molecule has 1 aromatic carbocycles. The van der Waals surface area contributed by atoms with E-state index in [-0.39, 0.29) is 6.03 Å². The number of piperidine rings is 1. The van der Waals surface area contributed by atoms with Crippen LogP contribution in [-0.2, 0) is 0 Å². The van der Waals surface area contributed by atoms with Crippen molar-refractivity contribution in [2.24, 2.45) is 17.3 Å². The van der Waals surface area contributed by atoms with Gasteiger partial charge in [-0.2, -0.15) is 0 Å². The topological polar surface area (TPSA) is 63.7 Å². The van der Waals surface area contributed by atoms with Crippen LogP contribution in [-0.4, -0.2) is 36.1 Å². The number of ether oxygens (including phenoxy) is 2. The van der Waals surface area contributed by atoms with Crippen molar-refractivity contribution in [2.45, 2.75) is 13.8 Å². The Balaban J connectivity index is 1.32. The fourth-order valence-corrected chi connectivity index (χ4v) is 3.78. The number of rotatable bonds is 4. The number of carbonyl (C=O) groups excluding carboxylic acids is 1. The molecule has 2 amide bonds. The van der Waals surface area contributed by atoms with Gasteiger partial charge in [-0.3, -0.25) is 0 Å². The molecule has 0 spiro atoms. The Morgan fingerprint density at radius 1 is 1.12 bits per heavy atom. The number of hydrogen-bond acceptors (Lipinski definition) is 4. The summed E-state index contributed by atoms with van der Waals surface area (Å²) in [5.41, 5.74) is 1.07. The number of hydrogen-bond donors (Lipinski definition) is 1. The van der Waals surface area contributed by atoms with E-state index in [0.29, 0.717) is 34.6 Å². The van der Waals surface area contributed by atoms with Gasteiger partial charge in [-0.25, -0.2) is 9.78 Å². The van der Waals surface area contributed by atoms with Crippen molar-refractivity contribution in [3.05, 3.63) is 42.6 Å². The molecule has 6 nitrogen and oxygen atoms in total. The number of pyridine rings is 1. The Hall–Kier alpha value is -2.76. The number of nitrogens with one attached hydrogen (secondary N) is 1. The van der Waals surface area contributed by atoms with Gasteiger partial charge in [0.1, 0.15) is 11.5 Å². The normalized spacial score (nSPS) is 22.5. The van der Waals surface area contributed by atoms with Gasteiger partial charge in [0.2, 0.25) is 5.88 Å². The summed E-state index contributed by atoms with van der Waals surface area (Å²) in [5, 5.41) is 2.91. The Bertz CT molecular complexity index is 788. The number of fused-ring (bicyclic) bond motifs is 1. The molecule has 1 N–H and O–H groups in total. The molecule has 1 aliphatic heterocycles. The molecule has 136 valence electrons. The van der Waals surface area contributed by atoms with Gasteiger partial charge in [0.25, 0.3) is 0 Å². The highest BCUT2D eigenvalue weighted by atomic mass is 16.5. The molecule has 26 heavy (non-hydrogen) atoms. The van der Waals surface area contributed by atoms with Gasteiger partial charge < -0.3 is 19.7 Å². The van der Waals surface area contributed by atoms with E-state index in [0.717, 1.165) is 18.8 Å². The molecule has 2 unspecified atom stereocenters. The fraction of sp³-hybridized carbons (Fsp3) is 0.400. The van der Waals surface area contributed by atoms with E-state index in [4.69, 9.17) is 9.47 Å². The third-order valence-corrected chi connectivity index (χ3v) is 5.68. The highest BCUT2D eigenvalue weighted by Gasteiger charge is 2.62. The predicted molar refractivity (Wildman–Crippen MR) is 98.7 cm³/mol. The summed E-state index contributed by atoms with van der Waals surface area (Å²) in [4.78, 5) is 18.5. The molecule has 2 aliphatic rings. The monoisotopic (exact) mass is 353 g/mol. The van der Waals surface area contributed by atoms with Gasteiger partial charge in [-0.15, -0.1) is 0 Å². The summed E-state index contributed by atoms with van der Waals surface area (Å²) in [7, 11) is 1.62. The van der Waals surface area contributed by atoms with Crippen molar-refractivity contribution in [1.29, 1.82) is 0 Å². The zero-order valence-electron chi connectivity index (χ0n) is 15.2. The summed E-state index contributed by atoms with van der Waals surface area (Å²) >= 11 is 0. The number of aromatic nitrogens is 1. The van der Waals surface area contributed by atoms with Crippen molar-refractivity contribution in [2.75, 3.05) is 25.5 Å². The van der Waals surface area contributed by atoms with Crippen molar-refractivity contribution < 1.29 is 14.3 Å². The molecule has 0 bridgehead atoms. The zero-order valence-corrected chi connectivity index (χ0v) is 15.2. The number of nitrogens with zero attached hydrogens (tertiary/aromatic N) is 2. The third-order valence-electron chi connectivity index (χ3n) is 5.68. The van der Waals surface area contributed by atoms with Crippen LogP contribution in [0.5, 0.6) is 17.4 Å². The number of benzene rings is 1. The van der Waals surface area contributed by atoms with E-state index in [2.05, 4.69) is 24.1 Å². The molecule has 2 aromatic rings. The van der Waals surface area contributed by atoms with Gasteiger partial charge in [0.05, 0.1) is 19.0 Å². The summed E-state index contributed by atoms with van der Waals surface area (Å²) in [5.74, 6) is 3.20. The Kier molecular flexibility index (Phi) is 3.98. The lowest BCUT2D eigenvalue weighted by Crippen LogP contribution is -2.36. The van der Waals surface area contributed by atoms with Crippen molar-refractivity contribution >= 4 is 11.7 Å². The number of carbonyl (C=O) groups is 1. The molecule has 1 aromatic heterocycles. The number of amides is 2. The second-order valence-electron chi connectivity index (χ2n) is 7.53. The van der Waals surface area contributed by atoms with E-state index in [1.54, 1.807) is 25.4 Å². The van der Waals surface area contributed by atoms with E-state index in [9.17, 15) is 4.79 Å². The van der Waals surface area contributed by atoms with Crippen molar-refractivity contribution in [3.8, 4) is 17.4 Å². The number of urea groups is 1. The minimum absolute atomic E-state index is 0.0568. The number of likely N-dealkylation sites (tertiary alicyclic amines) is 1. The fourth-order valence-electron chi connectivity index (χ4n) is 3.78. The van der Waals surface area contributed by atoms with E-state index in [1.807, 2.05) is 29.2 Å². The van der Waals surface area contributed by atoms with Crippen LogP contribution >= 0.6 is 0 Å². The molecule has 0 radical (unpaired) electrons. The summed E-state index contributed by atoms with van der Waals surface area (Å²) in [6.07, 6.45) is 1.61. The van der Waals surface area contributed by atoms with Gasteiger partial charge in [0.15, 0.2) is 0 Å². The third kappa shape index (κ3) is 3.07. The van der Waals surface area contributed by atoms with Crippen LogP contribution in [0, 0.1) is 17.3 Å². The molecule has 1 saturated heterocycles. The Morgan fingerprint density at radius 3 is 2.35 bits per heavy atom. The first-order chi connectivity index (χ1) is 12.5. The predicted octanol–water partition coefficient (Wildman–Crippen LogP) is 4.00. The van der Waals surface area contributed by atoms with Gasteiger partial charge in [-0.05, 0) is 47.6 Å². The molecule has 1 saturated carbocycles. The second kappa shape index (κ2) is 6.20. The van der Waals surface area contributed by atoms with Crippen molar-refractivity contribution in [1.82, 2.24) is 9.88 Å². The minimum Gasteiger partial charge on any atom is -0.497 e. The molecular formula is C20H23N3O3. The standard InChI is InChI=1S/C20H23N3O3/c1-20(2)16-11-23(12-17(16)20)19(24)22-13-4-9-18(21-10-13)26-15-7-5-14(25-3)6-8-15/h4-10,16-17H,11-12H2,1-3H3,(H,22,24). The first-order valence-corrected chi connectivity index (χ1v) is 8.81. The minimum atomic E-state index is -0.0568. The lowest BCUT2D eigenvalue weighted by atomic mass is 10.1. The SMILES string of the molecule is COc1ccc(Oc2ccc(NC(=O)N3CC4C(C3)C4(C)C)cn2)cc1. The van der Waals surface area contributed by atoms with E-state index in [1.165, 1.54) is 0 Å². The average Bonchev–Trinajstić information content (AvgIpc) is 3.01. The van der Waals surface area contributed by atoms with Gasteiger partial charge in [0, 0.05) is 19.2 Å². The highest BCUT2D eigenvalue weighted by Crippen LogP contribution is 2.61. The average molecular weight is 353 g/mol. The molecule has 2 atom stereocenters. The molecule has 2 heterocycles. The van der Waals surface area contributed by atoms with E-state index >= 15 is 0 Å². The lowest BCUT2D eigenvalue weighted by Gasteiger charge is -2.22. The Morgan fingerprint density at radius 2 is 1.77 bits per heavy atom. The number of anilines is 1. The molecule has 1 aliphatic carbocycles. The maximum atomic E-state index is 12.4. The Labute approximate surface area is 153 Å². The van der Waals surface area contributed by atoms with Crippen LogP contribution in [0.25, 0.3) is 0 Å². The first kappa shape index (κ1) is 16.7. The first-order valence-electron chi connectivity index (χ1n) is 8.81. The largest absolute Gasteiger partial charge is 0.497 e. The maximum Gasteiger partial charge on any atom is 0.321 e. The molecule has 2 fully saturated rings. The van der Waals surface area contributed by atoms with Gasteiger partial charge >= 0.3 is 6.03 Å². The van der Waals surface area contributed by atoms with Crippen LogP contribution < -0.4 is 14.8 Å². The summed E-state index contributed by atoms with van der Waals surface area (Å²) < 4.78 is 10.8. The van der Waals surface area contributed by atoms with Crippen LogP contribution in [0.2, 0.25) is 0 Å². The quantitative estimate of drug-likeness (QED) is 0.902. The van der Waals surface area contributed by atoms with Crippen LogP contribution in [0.3, 0.4) is 0 Å². The van der Waals surface area contributed by atoms with Crippen LogP contribution in [0.4, 0.5) is 10.5 Å². The zero-order chi connectivity index (χ0) is 18.3. The molecule has 4 rings (SSSR count). The number of methoxy groups -OCH3 is 1. The van der Waals surface area contributed by atoms with Crippen molar-refractivity contribution in [3.63, 3.8) is 0 Å². The lowest BCUT2D eigenvalue weighted by molar-refractivity contribution is 0.209. The summed E-state index contributed by atoms with van der Waals surface area (Å²) in [6.45, 7) is 6.25. The maximum absolute atomic E-state index is 12.4. The second-order valence-corrected chi connectivity index (χ2v) is 7.53. The van der Waals surface area contributed by atoms with Crippen LogP contribution in [0.1, 0.15) is 13.8 Å². The molecular weight excluding hydrogens is 330 g/mol.